The number of benzene rings is 4. The molecule has 0 amide bonds. The minimum Gasteiger partial charge on any atom is -0.378 e. The van der Waals surface area contributed by atoms with Crippen molar-refractivity contribution >= 4 is 27.7 Å². The molecule has 0 unspecified atom stereocenters. The summed E-state index contributed by atoms with van der Waals surface area (Å²) in [5.41, 5.74) is 9.93. The van der Waals surface area contributed by atoms with Crippen molar-refractivity contribution in [1.29, 1.82) is 0 Å². The third-order valence-corrected chi connectivity index (χ3v) is 8.42. The van der Waals surface area contributed by atoms with Crippen molar-refractivity contribution in [2.24, 2.45) is 5.92 Å². The molecule has 0 radical (unpaired) electrons. The van der Waals surface area contributed by atoms with Gasteiger partial charge in [-0.2, -0.15) is 0 Å². The van der Waals surface area contributed by atoms with E-state index in [1.807, 2.05) is 0 Å². The normalized spacial score (nSPS) is 13.8. The number of rotatable bonds is 9. The quantitative estimate of drug-likeness (QED) is 0.219. The van der Waals surface area contributed by atoms with Gasteiger partial charge in [0.15, 0.2) is 0 Å². The summed E-state index contributed by atoms with van der Waals surface area (Å²) in [6.45, 7) is 12.0. The van der Waals surface area contributed by atoms with Gasteiger partial charge < -0.3 is 9.80 Å². The zero-order valence-electron chi connectivity index (χ0n) is 23.9. The van der Waals surface area contributed by atoms with Gasteiger partial charge in [0.1, 0.15) is 0 Å². The second kappa shape index (κ2) is 11.9. The Labute approximate surface area is 235 Å². The molecule has 0 saturated heterocycles. The molecule has 1 saturated carbocycles. The Morgan fingerprint density at radius 3 is 2.10 bits per heavy atom. The Balaban J connectivity index is 1.47. The smallest absolute Gasteiger partial charge is 0.0490 e. The fourth-order valence-corrected chi connectivity index (χ4v) is 5.86. The van der Waals surface area contributed by atoms with Crippen molar-refractivity contribution in [3.8, 4) is 11.1 Å². The van der Waals surface area contributed by atoms with Crippen LogP contribution < -0.4 is 9.80 Å². The van der Waals surface area contributed by atoms with E-state index in [2.05, 4.69) is 122 Å². The lowest BCUT2D eigenvalue weighted by molar-refractivity contribution is 0.396. The topological polar surface area (TPSA) is 6.48 Å². The van der Waals surface area contributed by atoms with Gasteiger partial charge in [-0.3, -0.25) is 0 Å². The maximum absolute atomic E-state index is 4.71. The standard InChI is InChI=1S/C37H42N2/c1-6-27(2)33-21-24-36-34(25-33)13-10-14-37(36)39(28(3)30-11-8-7-9-12-30)26-29-15-17-31(18-16-29)32-19-22-35(23-20-32)38(4)5/h10,13-25,30H,2-3,6-9,11-12,26H2,1,4-5H3. The van der Waals surface area contributed by atoms with Crippen LogP contribution in [0.3, 0.4) is 0 Å². The molecule has 0 aliphatic heterocycles. The minimum absolute atomic E-state index is 0.544. The van der Waals surface area contributed by atoms with Crippen molar-refractivity contribution in [2.45, 2.75) is 52.0 Å². The summed E-state index contributed by atoms with van der Waals surface area (Å²) in [5, 5.41) is 2.54. The van der Waals surface area contributed by atoms with E-state index in [4.69, 9.17) is 6.58 Å². The number of nitrogens with zero attached hydrogens (tertiary/aromatic N) is 2. The van der Waals surface area contributed by atoms with E-state index in [1.165, 1.54) is 87.8 Å². The van der Waals surface area contributed by atoms with E-state index in [1.54, 1.807) is 0 Å². The SMILES string of the molecule is C=C(CC)c1ccc2c(N(Cc3ccc(-c4ccc(N(C)C)cc4)cc3)C(=C)C3CCCCC3)cccc2c1. The number of anilines is 2. The van der Waals surface area contributed by atoms with Crippen LogP contribution in [0.2, 0.25) is 0 Å². The molecule has 0 aromatic heterocycles. The summed E-state index contributed by atoms with van der Waals surface area (Å²) in [5.74, 6) is 0.544. The molecule has 1 fully saturated rings. The van der Waals surface area contributed by atoms with E-state index in [0.717, 1.165) is 13.0 Å². The Bertz CT molecular complexity index is 1440. The second-order valence-corrected chi connectivity index (χ2v) is 11.2. The van der Waals surface area contributed by atoms with Gasteiger partial charge in [-0.15, -0.1) is 0 Å². The van der Waals surface area contributed by atoms with Gasteiger partial charge in [-0.25, -0.2) is 0 Å². The highest BCUT2D eigenvalue weighted by atomic mass is 15.1. The summed E-state index contributed by atoms with van der Waals surface area (Å²) in [6.07, 6.45) is 7.39. The zero-order chi connectivity index (χ0) is 27.4. The van der Waals surface area contributed by atoms with Crippen LogP contribution in [0.4, 0.5) is 11.4 Å². The lowest BCUT2D eigenvalue weighted by atomic mass is 9.86. The highest BCUT2D eigenvalue weighted by Crippen LogP contribution is 2.38. The number of allylic oxidation sites excluding steroid dienone is 2. The van der Waals surface area contributed by atoms with Crippen molar-refractivity contribution in [2.75, 3.05) is 23.9 Å². The summed E-state index contributed by atoms with van der Waals surface area (Å²) in [4.78, 5) is 4.63. The largest absolute Gasteiger partial charge is 0.378 e. The predicted molar refractivity (Wildman–Crippen MR) is 171 cm³/mol. The first-order valence-electron chi connectivity index (χ1n) is 14.5. The lowest BCUT2D eigenvalue weighted by Gasteiger charge is -2.35. The van der Waals surface area contributed by atoms with Gasteiger partial charge in [-0.1, -0.05) is 100 Å². The fraction of sp³-hybridized carbons (Fsp3) is 0.297. The molecule has 0 heterocycles. The van der Waals surface area contributed by atoms with E-state index in [9.17, 15) is 0 Å². The lowest BCUT2D eigenvalue weighted by Crippen LogP contribution is -2.27. The molecule has 0 spiro atoms. The molecule has 1 aliphatic carbocycles. The highest BCUT2D eigenvalue weighted by molar-refractivity contribution is 5.96. The van der Waals surface area contributed by atoms with E-state index in [0.29, 0.717) is 5.92 Å². The van der Waals surface area contributed by atoms with Crippen molar-refractivity contribution < 1.29 is 0 Å². The summed E-state index contributed by atoms with van der Waals surface area (Å²) in [7, 11) is 4.15. The molecule has 0 bridgehead atoms. The van der Waals surface area contributed by atoms with E-state index in [-0.39, 0.29) is 0 Å². The number of hydrogen-bond donors (Lipinski definition) is 0. The average molecular weight is 515 g/mol. The zero-order valence-corrected chi connectivity index (χ0v) is 23.9. The first-order valence-corrected chi connectivity index (χ1v) is 14.5. The van der Waals surface area contributed by atoms with Crippen molar-refractivity contribution in [3.05, 3.63) is 115 Å². The molecule has 4 aromatic carbocycles. The molecule has 39 heavy (non-hydrogen) atoms. The van der Waals surface area contributed by atoms with E-state index >= 15 is 0 Å². The van der Waals surface area contributed by atoms with Crippen LogP contribution >= 0.6 is 0 Å². The maximum Gasteiger partial charge on any atom is 0.0490 e. The molecular formula is C37H42N2. The Hall–Kier alpha value is -3.78. The third-order valence-electron chi connectivity index (χ3n) is 8.42. The highest BCUT2D eigenvalue weighted by Gasteiger charge is 2.23. The number of fused-ring (bicyclic) bond motifs is 1. The second-order valence-electron chi connectivity index (χ2n) is 11.2. The molecule has 200 valence electrons. The first-order chi connectivity index (χ1) is 18.9. The minimum atomic E-state index is 0.544. The molecule has 0 atom stereocenters. The van der Waals surface area contributed by atoms with Crippen LogP contribution in [0.1, 0.15) is 56.6 Å². The molecule has 4 aromatic rings. The predicted octanol–water partition coefficient (Wildman–Crippen LogP) is 10.1. The Morgan fingerprint density at radius 1 is 0.795 bits per heavy atom. The molecule has 2 heteroatoms. The molecule has 1 aliphatic rings. The van der Waals surface area contributed by atoms with E-state index < -0.39 is 0 Å². The van der Waals surface area contributed by atoms with Crippen LogP contribution in [0.25, 0.3) is 27.5 Å². The van der Waals surface area contributed by atoms with Gasteiger partial charge in [0, 0.05) is 43.1 Å². The van der Waals surface area contributed by atoms with Gasteiger partial charge in [0.25, 0.3) is 0 Å². The Morgan fingerprint density at radius 2 is 1.46 bits per heavy atom. The third kappa shape index (κ3) is 5.96. The van der Waals surface area contributed by atoms with Crippen LogP contribution in [0, 0.1) is 5.92 Å². The fourth-order valence-electron chi connectivity index (χ4n) is 5.86. The van der Waals surface area contributed by atoms with Crippen molar-refractivity contribution in [3.63, 3.8) is 0 Å². The van der Waals surface area contributed by atoms with Gasteiger partial charge in [0.05, 0.1) is 0 Å². The Kier molecular flexibility index (Phi) is 8.21. The molecular weight excluding hydrogens is 472 g/mol. The maximum atomic E-state index is 4.71. The summed E-state index contributed by atoms with van der Waals surface area (Å²) in [6, 6.07) is 31.4. The van der Waals surface area contributed by atoms with Crippen LogP contribution in [0.5, 0.6) is 0 Å². The number of hydrogen-bond acceptors (Lipinski definition) is 2. The molecule has 2 nitrogen and oxygen atoms in total. The summed E-state index contributed by atoms with van der Waals surface area (Å²) >= 11 is 0. The van der Waals surface area contributed by atoms with Gasteiger partial charge >= 0.3 is 0 Å². The van der Waals surface area contributed by atoms with Crippen LogP contribution in [-0.4, -0.2) is 14.1 Å². The molecule has 0 N–H and O–H groups in total. The monoisotopic (exact) mass is 514 g/mol. The first kappa shape index (κ1) is 26.8. The van der Waals surface area contributed by atoms with Crippen molar-refractivity contribution in [1.82, 2.24) is 0 Å². The average Bonchev–Trinajstić information content (AvgIpc) is 2.99. The molecule has 5 rings (SSSR count). The summed E-state index contributed by atoms with van der Waals surface area (Å²) < 4.78 is 0. The van der Waals surface area contributed by atoms with Gasteiger partial charge in [0.2, 0.25) is 0 Å². The van der Waals surface area contributed by atoms with Gasteiger partial charge in [-0.05, 0) is 82.7 Å². The van der Waals surface area contributed by atoms with Crippen LogP contribution in [-0.2, 0) is 6.54 Å². The van der Waals surface area contributed by atoms with Crippen LogP contribution in [0.15, 0.2) is 104 Å².